The van der Waals surface area contributed by atoms with Crippen LogP contribution in [-0.2, 0) is 16.6 Å². The van der Waals surface area contributed by atoms with Gasteiger partial charge in [0, 0.05) is 25.0 Å². The van der Waals surface area contributed by atoms with E-state index in [0.29, 0.717) is 18.9 Å². The fourth-order valence-electron chi connectivity index (χ4n) is 2.84. The molecule has 0 saturated carbocycles. The number of benzene rings is 1. The number of halogens is 1. The monoisotopic (exact) mass is 445 g/mol. The van der Waals surface area contributed by atoms with Crippen molar-refractivity contribution in [3.63, 3.8) is 0 Å². The van der Waals surface area contributed by atoms with Gasteiger partial charge in [-0.1, -0.05) is 6.07 Å². The molecule has 1 aromatic heterocycles. The lowest BCUT2D eigenvalue weighted by Gasteiger charge is -2.23. The third-order valence-corrected chi connectivity index (χ3v) is 7.93. The highest BCUT2D eigenvalue weighted by Crippen LogP contribution is 2.42. The molecule has 1 aliphatic rings. The van der Waals surface area contributed by atoms with Crippen LogP contribution in [0.3, 0.4) is 0 Å². The Bertz CT molecular complexity index is 883. The quantitative estimate of drug-likeness (QED) is 0.705. The Morgan fingerprint density at radius 1 is 1.44 bits per heavy atom. The van der Waals surface area contributed by atoms with Crippen LogP contribution in [0.5, 0.6) is 5.75 Å². The normalized spacial score (nSPS) is 18.6. The van der Waals surface area contributed by atoms with Gasteiger partial charge in [0.05, 0.1) is 17.0 Å². The smallest absolute Gasteiger partial charge is 0.263 e. The number of sulfonamides is 1. The van der Waals surface area contributed by atoms with Gasteiger partial charge < -0.3 is 9.30 Å². The van der Waals surface area contributed by atoms with Gasteiger partial charge >= 0.3 is 0 Å². The van der Waals surface area contributed by atoms with E-state index in [1.165, 1.54) is 4.31 Å². The molecule has 2 heterocycles. The second-order valence-electron chi connectivity index (χ2n) is 5.65. The summed E-state index contributed by atoms with van der Waals surface area (Å²) in [6.45, 7) is 4.95. The first-order valence-corrected chi connectivity index (χ1v) is 11.2. The van der Waals surface area contributed by atoms with Gasteiger partial charge in [0.1, 0.15) is 11.6 Å². The lowest BCUT2D eigenvalue weighted by atomic mass is 10.2. The summed E-state index contributed by atoms with van der Waals surface area (Å²) in [7, 11) is -2.04. The molecular weight excluding hydrogens is 426 g/mol. The largest absolute Gasteiger partial charge is 0.496 e. The molecule has 1 aliphatic heterocycles. The first-order chi connectivity index (χ1) is 11.9. The molecule has 25 heavy (non-hydrogen) atoms. The number of imidazole rings is 1. The third-order valence-electron chi connectivity index (χ3n) is 4.18. The van der Waals surface area contributed by atoms with Gasteiger partial charge in [-0.3, -0.25) is 0 Å². The lowest BCUT2D eigenvalue weighted by Crippen LogP contribution is -2.30. The van der Waals surface area contributed by atoms with Crippen molar-refractivity contribution in [1.29, 1.82) is 0 Å². The number of methoxy groups -OCH3 is 1. The summed E-state index contributed by atoms with van der Waals surface area (Å²) in [4.78, 5) is 4.27. The van der Waals surface area contributed by atoms with E-state index >= 15 is 0 Å². The van der Waals surface area contributed by atoms with Crippen molar-refractivity contribution in [3.05, 3.63) is 40.3 Å². The predicted molar refractivity (Wildman–Crippen MR) is 102 cm³/mol. The molecule has 0 unspecified atom stereocenters. The van der Waals surface area contributed by atoms with E-state index < -0.39 is 10.0 Å². The first-order valence-electron chi connectivity index (χ1n) is 7.89. The fraction of sp³-hybridized carbons (Fsp3) is 0.438. The summed E-state index contributed by atoms with van der Waals surface area (Å²) >= 11 is 5.09. The van der Waals surface area contributed by atoms with Gasteiger partial charge in [-0.25, -0.2) is 13.4 Å². The number of hydrogen-bond donors (Lipinski definition) is 0. The molecule has 0 bridgehead atoms. The maximum Gasteiger partial charge on any atom is 0.263 e. The number of rotatable bonds is 5. The van der Waals surface area contributed by atoms with Gasteiger partial charge in [0.25, 0.3) is 10.0 Å². The predicted octanol–water partition coefficient (Wildman–Crippen LogP) is 3.42. The fourth-order valence-corrected chi connectivity index (χ4v) is 6.63. The van der Waals surface area contributed by atoms with Crippen molar-refractivity contribution < 1.29 is 13.2 Å². The van der Waals surface area contributed by atoms with Crippen LogP contribution in [0.2, 0.25) is 0 Å². The molecule has 1 aromatic carbocycles. The van der Waals surface area contributed by atoms with Gasteiger partial charge in [-0.15, -0.1) is 11.8 Å². The Morgan fingerprint density at radius 2 is 2.20 bits per heavy atom. The van der Waals surface area contributed by atoms with Crippen LogP contribution in [0, 0.1) is 6.92 Å². The van der Waals surface area contributed by atoms with E-state index in [4.69, 9.17) is 4.74 Å². The summed E-state index contributed by atoms with van der Waals surface area (Å²) in [6.07, 6.45) is 1.62. The van der Waals surface area contributed by atoms with E-state index in [9.17, 15) is 8.42 Å². The Balaban J connectivity index is 1.96. The molecule has 136 valence electrons. The molecule has 3 rings (SSSR count). The summed E-state index contributed by atoms with van der Waals surface area (Å²) in [6, 6.07) is 5.67. The maximum atomic E-state index is 13.1. The second kappa shape index (κ2) is 7.30. The highest BCUT2D eigenvalue weighted by Gasteiger charge is 2.38. The lowest BCUT2D eigenvalue weighted by molar-refractivity contribution is 0.410. The molecule has 9 heteroatoms. The maximum absolute atomic E-state index is 13.1. The van der Waals surface area contributed by atoms with Crippen molar-refractivity contribution in [2.45, 2.75) is 30.8 Å². The highest BCUT2D eigenvalue weighted by atomic mass is 79.9. The molecule has 0 N–H and O–H groups in total. The molecule has 0 radical (unpaired) electrons. The molecule has 1 fully saturated rings. The number of nitrogens with zero attached hydrogens (tertiary/aromatic N) is 3. The Hall–Kier alpha value is -1.03. The Labute approximate surface area is 160 Å². The zero-order valence-corrected chi connectivity index (χ0v) is 17.5. The number of aryl methyl sites for hydroxylation is 2. The molecule has 0 spiro atoms. The van der Waals surface area contributed by atoms with E-state index in [1.807, 2.05) is 36.6 Å². The van der Waals surface area contributed by atoms with E-state index in [-0.39, 0.29) is 10.4 Å². The molecular formula is C16H20BrN3O3S2. The molecule has 2 aromatic rings. The zero-order valence-electron chi connectivity index (χ0n) is 14.3. The van der Waals surface area contributed by atoms with E-state index in [0.717, 1.165) is 21.5 Å². The molecule has 6 nitrogen and oxygen atoms in total. The minimum Gasteiger partial charge on any atom is -0.496 e. The van der Waals surface area contributed by atoms with E-state index in [1.54, 1.807) is 25.1 Å². The topological polar surface area (TPSA) is 64.4 Å². The van der Waals surface area contributed by atoms with Crippen LogP contribution < -0.4 is 4.74 Å². The minimum absolute atomic E-state index is 0.118. The van der Waals surface area contributed by atoms with Crippen molar-refractivity contribution >= 4 is 37.7 Å². The van der Waals surface area contributed by atoms with Crippen LogP contribution in [0.1, 0.15) is 23.7 Å². The summed E-state index contributed by atoms with van der Waals surface area (Å²) < 4.78 is 35.7. The van der Waals surface area contributed by atoms with Crippen LogP contribution in [0.25, 0.3) is 0 Å². The molecule has 1 atom stereocenters. The van der Waals surface area contributed by atoms with Crippen LogP contribution in [0.4, 0.5) is 0 Å². The number of ether oxygens (including phenoxy) is 1. The van der Waals surface area contributed by atoms with Crippen molar-refractivity contribution in [2.24, 2.45) is 0 Å². The van der Waals surface area contributed by atoms with Crippen LogP contribution in [-0.4, -0.2) is 41.7 Å². The number of hydrogen-bond acceptors (Lipinski definition) is 5. The highest BCUT2D eigenvalue weighted by molar-refractivity contribution is 9.10. The number of thioether (sulfide) groups is 1. The summed E-state index contributed by atoms with van der Waals surface area (Å²) in [5.41, 5.74) is 0.922. The standard InChI is InChI=1S/C16H20BrN3O3S2/c1-4-19-10-15(18-11(19)2)25(21,22)20-7-8-24-16(20)12-5-6-14(23-3)13(17)9-12/h5-6,9-10,16H,4,7-8H2,1-3H3/t16-/m1/s1. The minimum atomic E-state index is -3.64. The number of aromatic nitrogens is 2. The van der Waals surface area contributed by atoms with Crippen molar-refractivity contribution in [1.82, 2.24) is 13.9 Å². The van der Waals surface area contributed by atoms with Crippen molar-refractivity contribution in [2.75, 3.05) is 19.4 Å². The van der Waals surface area contributed by atoms with Gasteiger partial charge in [0.2, 0.25) is 0 Å². The third kappa shape index (κ3) is 3.47. The Kier molecular flexibility index (Phi) is 5.48. The van der Waals surface area contributed by atoms with Crippen LogP contribution >= 0.6 is 27.7 Å². The SMILES string of the molecule is CCn1cc(S(=O)(=O)N2CCS[C@@H]2c2ccc(OC)c(Br)c2)nc1C. The average Bonchev–Trinajstić information content (AvgIpc) is 3.21. The zero-order chi connectivity index (χ0) is 18.2. The second-order valence-corrected chi connectivity index (χ2v) is 9.53. The van der Waals surface area contributed by atoms with Gasteiger partial charge in [-0.05, 0) is 47.5 Å². The summed E-state index contributed by atoms with van der Waals surface area (Å²) in [5.74, 6) is 2.18. The van der Waals surface area contributed by atoms with Gasteiger partial charge in [-0.2, -0.15) is 4.31 Å². The average molecular weight is 446 g/mol. The first kappa shape index (κ1) is 18.8. The molecule has 0 aliphatic carbocycles. The Morgan fingerprint density at radius 3 is 2.80 bits per heavy atom. The van der Waals surface area contributed by atoms with Crippen molar-refractivity contribution in [3.8, 4) is 5.75 Å². The van der Waals surface area contributed by atoms with Gasteiger partial charge in [0.15, 0.2) is 5.03 Å². The van der Waals surface area contributed by atoms with Crippen LogP contribution in [0.15, 0.2) is 33.9 Å². The molecule has 1 saturated heterocycles. The van der Waals surface area contributed by atoms with E-state index in [2.05, 4.69) is 20.9 Å². The molecule has 0 amide bonds. The summed E-state index contributed by atoms with van der Waals surface area (Å²) in [5, 5.41) is -0.147.